The Hall–Kier alpha value is -3.22. The molecule has 0 aromatic rings. The maximum Gasteiger partial charge on any atom is 0.313 e. The Bertz CT molecular complexity index is 821. The Morgan fingerprint density at radius 2 is 1.42 bits per heavy atom. The number of azide groups is 2. The molecule has 0 aromatic carbocycles. The van der Waals surface area contributed by atoms with E-state index in [2.05, 4.69) is 39.4 Å². The van der Waals surface area contributed by atoms with Gasteiger partial charge in [0.1, 0.15) is 26.0 Å². The maximum atomic E-state index is 11.6. The van der Waals surface area contributed by atoms with Crippen LogP contribution in [0.25, 0.3) is 20.9 Å². The summed E-state index contributed by atoms with van der Waals surface area (Å²) in [5.74, 6) is -4.10. The molecule has 0 rings (SSSR count). The van der Waals surface area contributed by atoms with E-state index in [4.69, 9.17) is 22.7 Å². The highest BCUT2D eigenvalue weighted by molar-refractivity contribution is 5.96. The van der Waals surface area contributed by atoms with Gasteiger partial charge >= 0.3 is 11.9 Å². The van der Waals surface area contributed by atoms with Gasteiger partial charge < -0.3 is 24.1 Å². The molecule has 0 spiro atoms. The number of esters is 2. The fourth-order valence-corrected chi connectivity index (χ4v) is 1.29. The van der Waals surface area contributed by atoms with E-state index in [1.165, 1.54) is 6.92 Å². The zero-order valence-corrected chi connectivity index (χ0v) is 18.7. The number of aliphatic hydroxyl groups excluding tert-OH is 1. The van der Waals surface area contributed by atoms with Crippen molar-refractivity contribution in [3.63, 3.8) is 0 Å². The zero-order valence-electron chi connectivity index (χ0n) is 23.7. The van der Waals surface area contributed by atoms with E-state index in [0.29, 0.717) is 6.61 Å². The van der Waals surface area contributed by atoms with Gasteiger partial charge in [-0.25, -0.2) is 0 Å². The Balaban J connectivity index is -0.000000576. The number of Topliss-reactive ketones (excluding diaryl/α,β-unsaturated/α-hetero) is 2. The minimum absolute atomic E-state index is 0.146. The summed E-state index contributed by atoms with van der Waals surface area (Å²) in [7, 11) is 0. The number of nitrogens with zero attached hydrogens (tertiary/aromatic N) is 6. The normalized spacial score (nSPS) is 11.9. The van der Waals surface area contributed by atoms with Crippen molar-refractivity contribution in [2.24, 2.45) is 10.2 Å². The van der Waals surface area contributed by atoms with E-state index in [1.807, 2.05) is 0 Å². The molecular weight excluding hydrogens is 444 g/mol. The lowest BCUT2D eigenvalue weighted by molar-refractivity contribution is -0.148. The molecule has 0 amide bonds. The van der Waals surface area contributed by atoms with E-state index in [1.54, 1.807) is 13.8 Å². The van der Waals surface area contributed by atoms with Crippen molar-refractivity contribution >= 4 is 23.5 Å². The summed E-state index contributed by atoms with van der Waals surface area (Å²) in [4.78, 5) is 49.6. The lowest BCUT2D eigenvalue weighted by Crippen LogP contribution is -2.16. The number of carbonyl (C=O) groups is 4. The lowest BCUT2D eigenvalue weighted by Gasteiger charge is -2.01. The van der Waals surface area contributed by atoms with E-state index in [-0.39, 0.29) is 51.7 Å². The smallest absolute Gasteiger partial charge is 0.313 e. The quantitative estimate of drug-likeness (QED) is 0.0794. The van der Waals surface area contributed by atoms with Crippen LogP contribution in [0.5, 0.6) is 0 Å². The molecule has 0 radical (unpaired) electrons. The second-order valence-corrected chi connectivity index (χ2v) is 4.90. The average molecular weight is 482 g/mol. The highest BCUT2D eigenvalue weighted by atomic mass is 16.5. The van der Waals surface area contributed by atoms with Crippen molar-refractivity contribution in [3.05, 3.63) is 20.9 Å². The molecule has 0 aliphatic heterocycles. The second-order valence-electron chi connectivity index (χ2n) is 4.90. The van der Waals surface area contributed by atoms with Crippen LogP contribution in [0.15, 0.2) is 10.2 Å². The molecule has 15 heteroatoms. The second kappa shape index (κ2) is 28.8. The van der Waals surface area contributed by atoms with Gasteiger partial charge in [0.05, 0.1) is 29.2 Å². The Morgan fingerprint density at radius 3 is 1.91 bits per heavy atom. The average Bonchev–Trinajstić information content (AvgIpc) is 2.86. The number of rotatable bonds is 17. The van der Waals surface area contributed by atoms with Gasteiger partial charge in [0, 0.05) is 32.3 Å². The number of hydrogen-bond donors (Lipinski definition) is 1. The fraction of sp³-hybridized carbons (Fsp3) is 0.778. The fourth-order valence-electron chi connectivity index (χ4n) is 1.29. The zero-order chi connectivity index (χ0) is 30.0. The molecule has 0 unspecified atom stereocenters. The largest absolute Gasteiger partial charge is 0.466 e. The van der Waals surface area contributed by atoms with Gasteiger partial charge in [-0.3, -0.25) is 19.2 Å². The van der Waals surface area contributed by atoms with Crippen LogP contribution in [0.4, 0.5) is 0 Å². The highest BCUT2D eigenvalue weighted by Crippen LogP contribution is 1.91. The number of hydrogen-bond acceptors (Lipinski definition) is 11. The van der Waals surface area contributed by atoms with Gasteiger partial charge in [0.2, 0.25) is 1.43 Å². The van der Waals surface area contributed by atoms with Gasteiger partial charge in [-0.1, -0.05) is 10.2 Å². The minimum Gasteiger partial charge on any atom is -0.466 e. The molecule has 0 aromatic heterocycles. The molecule has 0 atom stereocenters. The summed E-state index contributed by atoms with van der Waals surface area (Å²) in [5.41, 5.74) is 15.9. The SMILES string of the molecule is CCOC(=O)CC(=O)COCCN=[N+]=[N-].[2H]C([2H])(OCCN=[N+]=[N-])C(=O)C([2H])([2H])C(=O)OCC.[2H]OCC. The summed E-state index contributed by atoms with van der Waals surface area (Å²) in [6.07, 6.45) is -3.44. The maximum absolute atomic E-state index is 11.6. The van der Waals surface area contributed by atoms with Crippen LogP contribution in [0, 0.1) is 0 Å². The summed E-state index contributed by atoms with van der Waals surface area (Å²) in [6, 6.07) is 0. The Labute approximate surface area is 198 Å². The van der Waals surface area contributed by atoms with Crippen LogP contribution >= 0.6 is 0 Å². The van der Waals surface area contributed by atoms with E-state index in [0.717, 1.165) is 0 Å². The number of ether oxygens (including phenoxy) is 4. The van der Waals surface area contributed by atoms with E-state index < -0.39 is 37.3 Å². The highest BCUT2D eigenvalue weighted by Gasteiger charge is 2.10. The van der Waals surface area contributed by atoms with Crippen LogP contribution in [0.3, 0.4) is 0 Å². The topological polar surface area (TPSA) is 223 Å². The molecule has 1 N–H and O–H groups in total. The number of carbonyl (C=O) groups excluding carboxylic acids is 4. The summed E-state index contributed by atoms with van der Waals surface area (Å²) in [6.45, 7) is 1.93. The standard InChI is InChI=1S/2C8H13N3O4.C2H6O/c2*1-2-15-8(13)5-7(12)6-14-4-3-10-11-9;1-2-3/h2*2-6H2,1H3;3H,2H2,1H3/i5D2,6D2;;3D. The van der Waals surface area contributed by atoms with Gasteiger partial charge in [0.25, 0.3) is 0 Å². The molecule has 0 saturated carbocycles. The monoisotopic (exact) mass is 481 g/mol. The van der Waals surface area contributed by atoms with Crippen molar-refractivity contribution in [1.29, 1.82) is 1.43 Å². The van der Waals surface area contributed by atoms with Gasteiger partial charge in [-0.05, 0) is 31.8 Å². The third-order valence-electron chi connectivity index (χ3n) is 2.32. The van der Waals surface area contributed by atoms with Crippen molar-refractivity contribution < 1.29 is 48.7 Å². The van der Waals surface area contributed by atoms with Crippen molar-refractivity contribution in [3.8, 4) is 0 Å². The van der Waals surface area contributed by atoms with Crippen LogP contribution < -0.4 is 0 Å². The lowest BCUT2D eigenvalue weighted by atomic mass is 10.3. The molecule has 0 aliphatic carbocycles. The van der Waals surface area contributed by atoms with E-state index in [9.17, 15) is 19.2 Å². The molecule has 33 heavy (non-hydrogen) atoms. The first-order chi connectivity index (χ1) is 17.8. The van der Waals surface area contributed by atoms with Gasteiger partial charge in [-0.2, -0.15) is 0 Å². The Morgan fingerprint density at radius 1 is 0.909 bits per heavy atom. The molecule has 0 heterocycles. The van der Waals surface area contributed by atoms with Crippen molar-refractivity contribution in [2.45, 2.75) is 33.6 Å². The molecule has 0 saturated heterocycles. The number of aliphatic hydroxyl groups is 1. The van der Waals surface area contributed by atoms with Gasteiger partial charge in [-0.15, -0.1) is 0 Å². The van der Waals surface area contributed by atoms with Crippen LogP contribution in [-0.4, -0.2) is 89.3 Å². The van der Waals surface area contributed by atoms with Gasteiger partial charge in [0.15, 0.2) is 11.6 Å². The van der Waals surface area contributed by atoms with Crippen LogP contribution in [-0.2, 0) is 38.1 Å². The Kier molecular flexibility index (Phi) is 21.3. The minimum atomic E-state index is -3.15. The third kappa shape index (κ3) is 33.6. The first-order valence-electron chi connectivity index (χ1n) is 11.9. The van der Waals surface area contributed by atoms with Crippen molar-refractivity contribution in [1.82, 2.24) is 0 Å². The van der Waals surface area contributed by atoms with Crippen LogP contribution in [0.1, 0.15) is 39.0 Å². The predicted octanol–water partition coefficient (Wildman–Crippen LogP) is 1.67. The third-order valence-corrected chi connectivity index (χ3v) is 2.32. The summed E-state index contributed by atoms with van der Waals surface area (Å²) < 4.78 is 53.2. The molecule has 188 valence electrons. The molecular formula is C18H32N6O9. The molecule has 0 fully saturated rings. The van der Waals surface area contributed by atoms with E-state index >= 15 is 0 Å². The molecule has 0 aliphatic rings. The summed E-state index contributed by atoms with van der Waals surface area (Å²) >= 11 is 0. The predicted molar refractivity (Wildman–Crippen MR) is 115 cm³/mol. The van der Waals surface area contributed by atoms with Crippen molar-refractivity contribution in [2.75, 3.05) is 59.3 Å². The summed E-state index contributed by atoms with van der Waals surface area (Å²) in [5, 5.41) is 10.1. The first kappa shape index (κ1) is 24.4. The molecule has 15 nitrogen and oxygen atoms in total. The molecule has 0 bridgehead atoms. The first-order valence-corrected chi connectivity index (χ1v) is 9.53. The van der Waals surface area contributed by atoms with Crippen LogP contribution in [0.2, 0.25) is 0 Å². The number of ketones is 2.